The Kier molecular flexibility index (Phi) is 4.07. The van der Waals surface area contributed by atoms with E-state index in [2.05, 4.69) is 4.98 Å². The van der Waals surface area contributed by atoms with Crippen LogP contribution in [0, 0.1) is 10.8 Å². The summed E-state index contributed by atoms with van der Waals surface area (Å²) in [6, 6.07) is 18.9. The molecule has 1 heterocycles. The van der Waals surface area contributed by atoms with E-state index in [9.17, 15) is 0 Å². The van der Waals surface area contributed by atoms with Crippen LogP contribution in [0.3, 0.4) is 0 Å². The van der Waals surface area contributed by atoms with Crippen molar-refractivity contribution < 1.29 is 0 Å². The number of pyridine rings is 1. The van der Waals surface area contributed by atoms with Gasteiger partial charge in [0.25, 0.3) is 0 Å². The Morgan fingerprint density at radius 2 is 1.08 bits per heavy atom. The van der Waals surface area contributed by atoms with Crippen LogP contribution in [0.5, 0.6) is 0 Å². The van der Waals surface area contributed by atoms with Gasteiger partial charge in [0.15, 0.2) is 0 Å². The second-order valence-corrected chi connectivity index (χ2v) is 5.41. The van der Waals surface area contributed by atoms with Gasteiger partial charge in [-0.25, -0.2) is 0 Å². The van der Waals surface area contributed by atoms with E-state index in [1.807, 2.05) is 66.9 Å². The summed E-state index contributed by atoms with van der Waals surface area (Å²) in [6.07, 6.45) is 1.82. The minimum Gasteiger partial charge on any atom is -0.384 e. The zero-order chi connectivity index (χ0) is 17.1. The maximum absolute atomic E-state index is 7.42. The van der Waals surface area contributed by atoms with Crippen LogP contribution in [0.4, 0.5) is 0 Å². The molecule has 118 valence electrons. The van der Waals surface area contributed by atoms with Crippen molar-refractivity contribution >= 4 is 11.7 Å². The minimum atomic E-state index is 0.0545. The molecule has 0 aliphatic heterocycles. The fraction of sp³-hybridized carbons (Fsp3) is 0. The lowest BCUT2D eigenvalue weighted by Gasteiger charge is -2.06. The van der Waals surface area contributed by atoms with Gasteiger partial charge in [0.1, 0.15) is 11.7 Å². The van der Waals surface area contributed by atoms with Crippen molar-refractivity contribution in [2.45, 2.75) is 0 Å². The lowest BCUT2D eigenvalue weighted by Crippen LogP contribution is -2.10. The third kappa shape index (κ3) is 3.15. The predicted molar refractivity (Wildman–Crippen MR) is 97.1 cm³/mol. The number of nitrogens with two attached hydrogens (primary N) is 2. The zero-order valence-electron chi connectivity index (χ0n) is 13.0. The molecule has 2 aromatic carbocycles. The monoisotopic (exact) mass is 315 g/mol. The van der Waals surface area contributed by atoms with Gasteiger partial charge in [-0.15, -0.1) is 0 Å². The molecule has 24 heavy (non-hydrogen) atoms. The first-order valence-electron chi connectivity index (χ1n) is 7.40. The van der Waals surface area contributed by atoms with E-state index in [0.717, 1.165) is 22.4 Å². The van der Waals surface area contributed by atoms with E-state index >= 15 is 0 Å². The average Bonchev–Trinajstić information content (AvgIpc) is 2.62. The van der Waals surface area contributed by atoms with E-state index in [4.69, 9.17) is 22.3 Å². The van der Waals surface area contributed by atoms with Crippen LogP contribution in [0.15, 0.2) is 66.9 Å². The summed E-state index contributed by atoms with van der Waals surface area (Å²) in [6.45, 7) is 0. The number of benzene rings is 2. The molecular formula is C19H17N5. The largest absolute Gasteiger partial charge is 0.384 e. The van der Waals surface area contributed by atoms with Gasteiger partial charge in [-0.2, -0.15) is 0 Å². The smallest absolute Gasteiger partial charge is 0.122 e. The average molecular weight is 315 g/mol. The highest BCUT2D eigenvalue weighted by Crippen LogP contribution is 2.23. The van der Waals surface area contributed by atoms with Gasteiger partial charge in [0, 0.05) is 28.5 Å². The first-order valence-corrected chi connectivity index (χ1v) is 7.40. The number of rotatable bonds is 4. The highest BCUT2D eigenvalue weighted by atomic mass is 14.7. The first-order chi connectivity index (χ1) is 11.5. The first kappa shape index (κ1) is 15.4. The summed E-state index contributed by atoms with van der Waals surface area (Å²) in [4.78, 5) is 4.51. The molecule has 0 fully saturated rings. The van der Waals surface area contributed by atoms with Gasteiger partial charge in [0.2, 0.25) is 0 Å². The van der Waals surface area contributed by atoms with Crippen molar-refractivity contribution in [1.29, 1.82) is 10.8 Å². The molecule has 5 nitrogen and oxygen atoms in total. The Balaban J connectivity index is 1.84. The molecule has 0 saturated heterocycles. The van der Waals surface area contributed by atoms with E-state index in [-0.39, 0.29) is 11.7 Å². The van der Waals surface area contributed by atoms with Crippen molar-refractivity contribution in [3.8, 4) is 22.4 Å². The molecule has 0 radical (unpaired) electrons. The van der Waals surface area contributed by atoms with Crippen LogP contribution in [0.25, 0.3) is 22.4 Å². The molecule has 0 amide bonds. The molecule has 0 unspecified atom stereocenters. The lowest BCUT2D eigenvalue weighted by molar-refractivity contribution is 1.32. The van der Waals surface area contributed by atoms with Crippen molar-refractivity contribution in [3.05, 3.63) is 78.0 Å². The Morgan fingerprint density at radius 3 is 1.50 bits per heavy atom. The van der Waals surface area contributed by atoms with Crippen LogP contribution < -0.4 is 11.5 Å². The summed E-state index contributed by atoms with van der Waals surface area (Å²) in [5.41, 5.74) is 16.2. The fourth-order valence-electron chi connectivity index (χ4n) is 2.40. The Hall–Kier alpha value is -3.47. The second-order valence-electron chi connectivity index (χ2n) is 5.41. The number of nitrogens with zero attached hydrogens (tertiary/aromatic N) is 1. The van der Waals surface area contributed by atoms with E-state index < -0.39 is 0 Å². The Morgan fingerprint density at radius 1 is 0.625 bits per heavy atom. The van der Waals surface area contributed by atoms with Gasteiger partial charge < -0.3 is 11.5 Å². The third-order valence-corrected chi connectivity index (χ3v) is 3.78. The molecule has 6 N–H and O–H groups in total. The molecular weight excluding hydrogens is 298 g/mol. The highest BCUT2D eigenvalue weighted by Gasteiger charge is 2.04. The molecule has 0 saturated carbocycles. The standard InChI is InChI=1S/C19H17N5/c20-18(21)14-5-1-12(2-6-14)16-9-10-17(24-11-16)13-3-7-15(8-4-13)19(22)23/h1-11H,(H3,20,21)(H3,22,23). The second kappa shape index (κ2) is 6.34. The van der Waals surface area contributed by atoms with Crippen LogP contribution in [0.1, 0.15) is 11.1 Å². The molecule has 0 aliphatic rings. The molecule has 5 heteroatoms. The van der Waals surface area contributed by atoms with Crippen molar-refractivity contribution in [3.63, 3.8) is 0 Å². The summed E-state index contributed by atoms with van der Waals surface area (Å²) >= 11 is 0. The lowest BCUT2D eigenvalue weighted by atomic mass is 10.0. The van der Waals surface area contributed by atoms with Crippen LogP contribution in [0.2, 0.25) is 0 Å². The van der Waals surface area contributed by atoms with Gasteiger partial charge in [-0.1, -0.05) is 54.6 Å². The van der Waals surface area contributed by atoms with Crippen molar-refractivity contribution in [1.82, 2.24) is 4.98 Å². The summed E-state index contributed by atoms with van der Waals surface area (Å²) in [5, 5.41) is 14.8. The van der Waals surface area contributed by atoms with Gasteiger partial charge in [0.05, 0.1) is 5.69 Å². The van der Waals surface area contributed by atoms with Gasteiger partial charge in [-0.3, -0.25) is 15.8 Å². The molecule has 0 atom stereocenters. The van der Waals surface area contributed by atoms with Crippen LogP contribution in [-0.4, -0.2) is 16.7 Å². The van der Waals surface area contributed by atoms with Crippen LogP contribution >= 0.6 is 0 Å². The van der Waals surface area contributed by atoms with Crippen LogP contribution in [-0.2, 0) is 0 Å². The number of hydrogen-bond acceptors (Lipinski definition) is 3. The summed E-state index contributed by atoms with van der Waals surface area (Å²) in [7, 11) is 0. The SMILES string of the molecule is N=C(N)c1ccc(-c2ccc(-c3ccc(C(=N)N)cc3)nc2)cc1. The van der Waals surface area contributed by atoms with E-state index in [1.54, 1.807) is 0 Å². The normalized spacial score (nSPS) is 10.3. The van der Waals surface area contributed by atoms with Crippen molar-refractivity contribution in [2.24, 2.45) is 11.5 Å². The third-order valence-electron chi connectivity index (χ3n) is 3.78. The summed E-state index contributed by atoms with van der Waals surface area (Å²) < 4.78 is 0. The van der Waals surface area contributed by atoms with Crippen molar-refractivity contribution in [2.75, 3.05) is 0 Å². The van der Waals surface area contributed by atoms with E-state index in [1.165, 1.54) is 0 Å². The van der Waals surface area contributed by atoms with E-state index in [0.29, 0.717) is 11.1 Å². The number of hydrogen-bond donors (Lipinski definition) is 4. The number of nitrogen functional groups attached to an aromatic ring is 2. The summed E-state index contributed by atoms with van der Waals surface area (Å²) in [5.74, 6) is 0.114. The molecule has 3 rings (SSSR count). The maximum atomic E-state index is 7.42. The maximum Gasteiger partial charge on any atom is 0.122 e. The number of aromatic nitrogens is 1. The predicted octanol–water partition coefficient (Wildman–Crippen LogP) is 2.98. The number of nitrogens with one attached hydrogen (secondary N) is 2. The molecule has 0 bridgehead atoms. The Labute approximate surface area is 140 Å². The highest BCUT2D eigenvalue weighted by molar-refractivity contribution is 5.95. The fourth-order valence-corrected chi connectivity index (χ4v) is 2.40. The molecule has 3 aromatic rings. The molecule has 0 spiro atoms. The minimum absolute atomic E-state index is 0.0545. The molecule has 1 aromatic heterocycles. The van der Waals surface area contributed by atoms with Gasteiger partial charge >= 0.3 is 0 Å². The quantitative estimate of drug-likeness (QED) is 0.438. The van der Waals surface area contributed by atoms with Gasteiger partial charge in [-0.05, 0) is 11.6 Å². The zero-order valence-corrected chi connectivity index (χ0v) is 13.0. The molecule has 0 aliphatic carbocycles. The Bertz CT molecular complexity index is 802. The number of amidine groups is 2. The topological polar surface area (TPSA) is 113 Å².